The molecule has 2 aromatic heterocycles. The zero-order chi connectivity index (χ0) is 18.0. The van der Waals surface area contributed by atoms with E-state index >= 15 is 0 Å². The van der Waals surface area contributed by atoms with Gasteiger partial charge in [-0.2, -0.15) is 10.2 Å². The first-order chi connectivity index (χ1) is 11.9. The van der Waals surface area contributed by atoms with Crippen molar-refractivity contribution in [3.05, 3.63) is 59.9 Å². The van der Waals surface area contributed by atoms with E-state index in [9.17, 15) is 9.90 Å². The van der Waals surface area contributed by atoms with Gasteiger partial charge in [0.05, 0.1) is 18.4 Å². The Balaban J connectivity index is 1.70. The summed E-state index contributed by atoms with van der Waals surface area (Å²) in [7, 11) is 1.78. The second kappa shape index (κ2) is 6.48. The standard InChI is InChI=1S/C17H20N6O2/c1-12-6-13(4-5-15(12)23-11-18-10-21-23)16(24)19-9-17(2,25)14-7-20-22(3)8-14/h4-8,10-11,25H,9H2,1-3H3,(H,19,24). The van der Waals surface area contributed by atoms with E-state index in [-0.39, 0.29) is 12.5 Å². The molecule has 130 valence electrons. The molecule has 8 heteroatoms. The maximum atomic E-state index is 12.4. The number of amides is 1. The summed E-state index contributed by atoms with van der Waals surface area (Å²) in [6.07, 6.45) is 6.38. The van der Waals surface area contributed by atoms with Gasteiger partial charge in [0.25, 0.3) is 5.91 Å². The van der Waals surface area contributed by atoms with Gasteiger partial charge in [0.2, 0.25) is 0 Å². The van der Waals surface area contributed by atoms with E-state index in [1.807, 2.05) is 13.0 Å². The molecule has 0 aliphatic carbocycles. The number of aryl methyl sites for hydroxylation is 2. The molecule has 3 rings (SSSR count). The second-order valence-electron chi connectivity index (χ2n) is 6.20. The van der Waals surface area contributed by atoms with Crippen molar-refractivity contribution in [2.45, 2.75) is 19.4 Å². The van der Waals surface area contributed by atoms with Gasteiger partial charge in [0.15, 0.2) is 0 Å². The van der Waals surface area contributed by atoms with Crippen molar-refractivity contribution in [1.82, 2.24) is 29.9 Å². The summed E-state index contributed by atoms with van der Waals surface area (Å²) in [5, 5.41) is 21.4. The predicted molar refractivity (Wildman–Crippen MR) is 91.2 cm³/mol. The molecule has 2 heterocycles. The first-order valence-electron chi connectivity index (χ1n) is 7.82. The quantitative estimate of drug-likeness (QED) is 0.720. The number of hydrogen-bond acceptors (Lipinski definition) is 5. The molecule has 1 atom stereocenters. The van der Waals surface area contributed by atoms with Gasteiger partial charge in [-0.15, -0.1) is 0 Å². The number of nitrogens with zero attached hydrogens (tertiary/aromatic N) is 5. The molecule has 25 heavy (non-hydrogen) atoms. The molecule has 0 saturated heterocycles. The van der Waals surface area contributed by atoms with Crippen LogP contribution in [0.4, 0.5) is 0 Å². The van der Waals surface area contributed by atoms with Crippen LogP contribution in [0.2, 0.25) is 0 Å². The zero-order valence-corrected chi connectivity index (χ0v) is 14.3. The Hall–Kier alpha value is -3.00. The Bertz CT molecular complexity index is 882. The van der Waals surface area contributed by atoms with Gasteiger partial charge in [-0.25, -0.2) is 9.67 Å². The largest absolute Gasteiger partial charge is 0.383 e. The van der Waals surface area contributed by atoms with Crippen molar-refractivity contribution in [3.63, 3.8) is 0 Å². The third-order valence-corrected chi connectivity index (χ3v) is 4.04. The third-order valence-electron chi connectivity index (χ3n) is 4.04. The first kappa shape index (κ1) is 16.8. The Kier molecular flexibility index (Phi) is 4.37. The van der Waals surface area contributed by atoms with Gasteiger partial charge in [0, 0.05) is 24.4 Å². The van der Waals surface area contributed by atoms with Crippen molar-refractivity contribution in [3.8, 4) is 5.69 Å². The van der Waals surface area contributed by atoms with E-state index in [1.165, 1.54) is 6.33 Å². The minimum absolute atomic E-state index is 0.0847. The van der Waals surface area contributed by atoms with Crippen LogP contribution in [0.3, 0.4) is 0 Å². The lowest BCUT2D eigenvalue weighted by Crippen LogP contribution is -2.38. The van der Waals surface area contributed by atoms with Crippen molar-refractivity contribution in [2.24, 2.45) is 7.05 Å². The number of hydrogen-bond donors (Lipinski definition) is 2. The fourth-order valence-corrected chi connectivity index (χ4v) is 2.54. The van der Waals surface area contributed by atoms with E-state index in [0.717, 1.165) is 11.3 Å². The molecule has 1 aromatic carbocycles. The monoisotopic (exact) mass is 340 g/mol. The van der Waals surface area contributed by atoms with Crippen LogP contribution in [0, 0.1) is 6.92 Å². The molecule has 0 saturated carbocycles. The highest BCUT2D eigenvalue weighted by Crippen LogP contribution is 2.19. The van der Waals surface area contributed by atoms with Gasteiger partial charge in [-0.3, -0.25) is 9.48 Å². The van der Waals surface area contributed by atoms with Crippen LogP contribution < -0.4 is 5.32 Å². The van der Waals surface area contributed by atoms with Crippen LogP contribution in [0.25, 0.3) is 5.69 Å². The van der Waals surface area contributed by atoms with Crippen LogP contribution in [-0.2, 0) is 12.6 Å². The molecular formula is C17H20N6O2. The van der Waals surface area contributed by atoms with E-state index in [4.69, 9.17) is 0 Å². The number of carbonyl (C=O) groups excluding carboxylic acids is 1. The number of benzene rings is 1. The highest BCUT2D eigenvalue weighted by molar-refractivity contribution is 5.94. The molecule has 0 fully saturated rings. The van der Waals surface area contributed by atoms with Crippen LogP contribution in [0.15, 0.2) is 43.2 Å². The Morgan fingerprint density at radius 2 is 2.16 bits per heavy atom. The second-order valence-corrected chi connectivity index (χ2v) is 6.20. The molecule has 1 amide bonds. The molecule has 1 unspecified atom stereocenters. The van der Waals surface area contributed by atoms with Crippen LogP contribution in [0.5, 0.6) is 0 Å². The summed E-state index contributed by atoms with van der Waals surface area (Å²) >= 11 is 0. The van der Waals surface area contributed by atoms with Crippen molar-refractivity contribution in [2.75, 3.05) is 6.54 Å². The number of aliphatic hydroxyl groups is 1. The Morgan fingerprint density at radius 3 is 2.76 bits per heavy atom. The Morgan fingerprint density at radius 1 is 1.36 bits per heavy atom. The lowest BCUT2D eigenvalue weighted by molar-refractivity contribution is 0.0526. The van der Waals surface area contributed by atoms with E-state index in [2.05, 4.69) is 20.5 Å². The topological polar surface area (TPSA) is 97.9 Å². The Labute approximate surface area is 145 Å². The zero-order valence-electron chi connectivity index (χ0n) is 14.3. The van der Waals surface area contributed by atoms with E-state index < -0.39 is 5.60 Å². The molecule has 8 nitrogen and oxygen atoms in total. The number of rotatable bonds is 5. The van der Waals surface area contributed by atoms with Gasteiger partial charge >= 0.3 is 0 Å². The number of nitrogens with one attached hydrogen (secondary N) is 1. The maximum Gasteiger partial charge on any atom is 0.251 e. The summed E-state index contributed by atoms with van der Waals surface area (Å²) in [6.45, 7) is 3.63. The maximum absolute atomic E-state index is 12.4. The molecule has 3 aromatic rings. The highest BCUT2D eigenvalue weighted by Gasteiger charge is 2.25. The summed E-state index contributed by atoms with van der Waals surface area (Å²) in [6, 6.07) is 5.32. The summed E-state index contributed by atoms with van der Waals surface area (Å²) < 4.78 is 3.25. The number of carbonyl (C=O) groups is 1. The fourth-order valence-electron chi connectivity index (χ4n) is 2.54. The minimum atomic E-state index is -1.19. The molecule has 0 aliphatic rings. The average molecular weight is 340 g/mol. The SMILES string of the molecule is Cc1cc(C(=O)NCC(C)(O)c2cnn(C)c2)ccc1-n1cncn1. The van der Waals surface area contributed by atoms with Crippen LogP contribution in [0.1, 0.15) is 28.4 Å². The van der Waals surface area contributed by atoms with Gasteiger partial charge in [-0.05, 0) is 37.6 Å². The lowest BCUT2D eigenvalue weighted by atomic mass is 9.99. The average Bonchev–Trinajstić information content (AvgIpc) is 3.24. The smallest absolute Gasteiger partial charge is 0.251 e. The van der Waals surface area contributed by atoms with Crippen molar-refractivity contribution < 1.29 is 9.90 Å². The molecule has 2 N–H and O–H groups in total. The van der Waals surface area contributed by atoms with Crippen LogP contribution in [-0.4, -0.2) is 42.1 Å². The summed E-state index contributed by atoms with van der Waals surface area (Å²) in [4.78, 5) is 16.3. The van der Waals surface area contributed by atoms with Crippen LogP contribution >= 0.6 is 0 Å². The predicted octanol–water partition coefficient (Wildman–Crippen LogP) is 0.947. The summed E-state index contributed by atoms with van der Waals surface area (Å²) in [5.74, 6) is -0.252. The van der Waals surface area contributed by atoms with Gasteiger partial charge in [-0.1, -0.05) is 0 Å². The van der Waals surface area contributed by atoms with E-state index in [0.29, 0.717) is 11.1 Å². The molecular weight excluding hydrogens is 320 g/mol. The lowest BCUT2D eigenvalue weighted by Gasteiger charge is -2.22. The van der Waals surface area contributed by atoms with Gasteiger partial charge < -0.3 is 10.4 Å². The molecule has 0 bridgehead atoms. The highest BCUT2D eigenvalue weighted by atomic mass is 16.3. The molecule has 0 aliphatic heterocycles. The summed E-state index contributed by atoms with van der Waals surface area (Å²) in [5.41, 5.74) is 1.73. The van der Waals surface area contributed by atoms with Crippen molar-refractivity contribution >= 4 is 5.91 Å². The van der Waals surface area contributed by atoms with Crippen molar-refractivity contribution in [1.29, 1.82) is 0 Å². The van der Waals surface area contributed by atoms with E-state index in [1.54, 1.807) is 54.2 Å². The first-order valence-corrected chi connectivity index (χ1v) is 7.82. The fraction of sp³-hybridized carbons (Fsp3) is 0.294. The number of aromatic nitrogens is 5. The minimum Gasteiger partial charge on any atom is -0.383 e. The normalized spacial score (nSPS) is 13.4. The molecule has 0 spiro atoms. The third kappa shape index (κ3) is 3.58. The molecule has 0 radical (unpaired) electrons. The van der Waals surface area contributed by atoms with Gasteiger partial charge in [0.1, 0.15) is 18.3 Å².